The molecule has 0 spiro atoms. The van der Waals surface area contributed by atoms with Gasteiger partial charge in [-0.3, -0.25) is 14.7 Å². The molecule has 0 saturated heterocycles. The molecule has 0 unspecified atom stereocenters. The smallest absolute Gasteiger partial charge is 0.221 e. The van der Waals surface area contributed by atoms with E-state index in [1.54, 1.807) is 12.4 Å². The Balaban J connectivity index is 1.78. The molecule has 0 fully saturated rings. The molecular formula is C19H25N3O. The lowest BCUT2D eigenvalue weighted by atomic mass is 10.2. The van der Waals surface area contributed by atoms with E-state index in [-0.39, 0.29) is 5.91 Å². The van der Waals surface area contributed by atoms with Crippen molar-refractivity contribution in [3.8, 4) is 0 Å². The van der Waals surface area contributed by atoms with Crippen molar-refractivity contribution < 1.29 is 4.79 Å². The number of amides is 1. The first kappa shape index (κ1) is 17.2. The monoisotopic (exact) mass is 311 g/mol. The van der Waals surface area contributed by atoms with E-state index in [9.17, 15) is 4.79 Å². The van der Waals surface area contributed by atoms with Gasteiger partial charge in [-0.1, -0.05) is 30.3 Å². The van der Waals surface area contributed by atoms with E-state index in [1.165, 1.54) is 5.56 Å². The van der Waals surface area contributed by atoms with E-state index in [4.69, 9.17) is 0 Å². The Morgan fingerprint density at radius 3 is 2.43 bits per heavy atom. The highest BCUT2D eigenvalue weighted by atomic mass is 16.1. The second-order valence-corrected chi connectivity index (χ2v) is 5.93. The fraction of sp³-hybridized carbons (Fsp3) is 0.368. The summed E-state index contributed by atoms with van der Waals surface area (Å²) in [4.78, 5) is 18.3. The maximum absolute atomic E-state index is 12.0. The summed E-state index contributed by atoms with van der Waals surface area (Å²) in [6.07, 6.45) is 3.99. The average molecular weight is 311 g/mol. The molecule has 0 aliphatic rings. The number of hydrogen-bond acceptors (Lipinski definition) is 3. The van der Waals surface area contributed by atoms with Crippen molar-refractivity contribution in [1.29, 1.82) is 0 Å². The molecule has 122 valence electrons. The van der Waals surface area contributed by atoms with Crippen LogP contribution in [0.4, 0.5) is 0 Å². The minimum Gasteiger partial charge on any atom is -0.352 e. The number of hydrogen-bond donors (Lipinski definition) is 1. The van der Waals surface area contributed by atoms with Gasteiger partial charge in [0.25, 0.3) is 0 Å². The number of rotatable bonds is 8. The third-order valence-corrected chi connectivity index (χ3v) is 3.82. The Bertz CT molecular complexity index is 584. The topological polar surface area (TPSA) is 45.2 Å². The minimum atomic E-state index is 0.0838. The van der Waals surface area contributed by atoms with Crippen LogP contribution in [0.15, 0.2) is 54.9 Å². The molecule has 0 saturated carbocycles. The summed E-state index contributed by atoms with van der Waals surface area (Å²) in [7, 11) is 0. The number of carbonyl (C=O) groups is 1. The quantitative estimate of drug-likeness (QED) is 0.815. The first-order valence-corrected chi connectivity index (χ1v) is 8.08. The molecule has 1 aromatic heterocycles. The van der Waals surface area contributed by atoms with Crippen molar-refractivity contribution in [3.05, 3.63) is 66.0 Å². The second kappa shape index (κ2) is 9.06. The van der Waals surface area contributed by atoms with Gasteiger partial charge in [-0.05, 0) is 37.1 Å². The molecule has 2 rings (SSSR count). The number of carbonyl (C=O) groups excluding carboxylic acids is 1. The second-order valence-electron chi connectivity index (χ2n) is 5.93. The van der Waals surface area contributed by atoms with E-state index in [0.717, 1.165) is 18.7 Å². The van der Waals surface area contributed by atoms with Gasteiger partial charge in [0.1, 0.15) is 0 Å². The molecule has 1 N–H and O–H groups in total. The van der Waals surface area contributed by atoms with Gasteiger partial charge in [-0.25, -0.2) is 0 Å². The van der Waals surface area contributed by atoms with Gasteiger partial charge < -0.3 is 5.32 Å². The summed E-state index contributed by atoms with van der Waals surface area (Å²) in [6.45, 7) is 6.52. The van der Waals surface area contributed by atoms with Gasteiger partial charge in [0.05, 0.1) is 0 Å². The lowest BCUT2D eigenvalue weighted by Gasteiger charge is -2.26. The summed E-state index contributed by atoms with van der Waals surface area (Å²) in [6, 6.07) is 14.6. The Labute approximate surface area is 138 Å². The maximum atomic E-state index is 12.0. The minimum absolute atomic E-state index is 0.0838. The van der Waals surface area contributed by atoms with Crippen molar-refractivity contribution >= 4 is 5.91 Å². The third kappa shape index (κ3) is 6.20. The predicted octanol–water partition coefficient (Wildman–Crippen LogP) is 3.00. The van der Waals surface area contributed by atoms with Gasteiger partial charge in [0.2, 0.25) is 5.91 Å². The molecule has 0 aliphatic carbocycles. The predicted molar refractivity (Wildman–Crippen MR) is 92.7 cm³/mol. The summed E-state index contributed by atoms with van der Waals surface area (Å²) >= 11 is 0. The van der Waals surface area contributed by atoms with Crippen LogP contribution >= 0.6 is 0 Å². The van der Waals surface area contributed by atoms with Crippen LogP contribution < -0.4 is 5.32 Å². The molecule has 1 aromatic carbocycles. The van der Waals surface area contributed by atoms with Gasteiger partial charge in [0, 0.05) is 44.5 Å². The highest BCUT2D eigenvalue weighted by molar-refractivity contribution is 5.76. The van der Waals surface area contributed by atoms with Crippen molar-refractivity contribution in [2.75, 3.05) is 6.54 Å². The van der Waals surface area contributed by atoms with Crippen molar-refractivity contribution in [2.45, 2.75) is 39.4 Å². The maximum Gasteiger partial charge on any atom is 0.221 e. The molecular weight excluding hydrogens is 286 g/mol. The number of aromatic nitrogens is 1. The lowest BCUT2D eigenvalue weighted by Crippen LogP contribution is -2.34. The van der Waals surface area contributed by atoms with E-state index < -0.39 is 0 Å². The summed E-state index contributed by atoms with van der Waals surface area (Å²) in [5.74, 6) is 0.0838. The van der Waals surface area contributed by atoms with Gasteiger partial charge in [-0.15, -0.1) is 0 Å². The molecule has 1 amide bonds. The van der Waals surface area contributed by atoms with Crippen molar-refractivity contribution in [1.82, 2.24) is 15.2 Å². The van der Waals surface area contributed by atoms with Crippen LogP contribution in [0.3, 0.4) is 0 Å². The number of nitrogens with one attached hydrogen (secondary N) is 1. The number of benzene rings is 1. The summed E-state index contributed by atoms with van der Waals surface area (Å²) in [5, 5.41) is 2.96. The zero-order valence-corrected chi connectivity index (χ0v) is 13.9. The molecule has 0 atom stereocenters. The van der Waals surface area contributed by atoms with Crippen LogP contribution in [0.1, 0.15) is 31.4 Å². The zero-order valence-electron chi connectivity index (χ0n) is 13.9. The standard InChI is InChI=1S/C19H25N3O/c1-16(2)22(15-18-6-4-3-5-7-18)13-10-19(23)21-14-17-8-11-20-12-9-17/h3-9,11-12,16H,10,13-15H2,1-2H3,(H,21,23). The summed E-state index contributed by atoms with van der Waals surface area (Å²) in [5.41, 5.74) is 2.34. The fourth-order valence-corrected chi connectivity index (χ4v) is 2.37. The lowest BCUT2D eigenvalue weighted by molar-refractivity contribution is -0.121. The SMILES string of the molecule is CC(C)N(CCC(=O)NCc1ccncc1)Cc1ccccc1. The molecule has 0 radical (unpaired) electrons. The highest BCUT2D eigenvalue weighted by Crippen LogP contribution is 2.08. The van der Waals surface area contributed by atoms with Crippen LogP contribution in [0.5, 0.6) is 0 Å². The van der Waals surface area contributed by atoms with Crippen LogP contribution in [-0.4, -0.2) is 28.4 Å². The first-order chi connectivity index (χ1) is 11.1. The largest absolute Gasteiger partial charge is 0.352 e. The normalized spacial score (nSPS) is 11.0. The Kier molecular flexibility index (Phi) is 6.76. The number of pyridine rings is 1. The fourth-order valence-electron chi connectivity index (χ4n) is 2.37. The summed E-state index contributed by atoms with van der Waals surface area (Å²) < 4.78 is 0. The van der Waals surface area contributed by atoms with Gasteiger partial charge >= 0.3 is 0 Å². The molecule has 0 aliphatic heterocycles. The van der Waals surface area contributed by atoms with Crippen LogP contribution in [0.25, 0.3) is 0 Å². The van der Waals surface area contributed by atoms with E-state index >= 15 is 0 Å². The van der Waals surface area contributed by atoms with Crippen LogP contribution in [-0.2, 0) is 17.9 Å². The molecule has 2 aromatic rings. The average Bonchev–Trinajstić information content (AvgIpc) is 2.58. The highest BCUT2D eigenvalue weighted by Gasteiger charge is 2.12. The molecule has 4 nitrogen and oxygen atoms in total. The Morgan fingerprint density at radius 2 is 1.78 bits per heavy atom. The van der Waals surface area contributed by atoms with Gasteiger partial charge in [-0.2, -0.15) is 0 Å². The van der Waals surface area contributed by atoms with Crippen LogP contribution in [0.2, 0.25) is 0 Å². The van der Waals surface area contributed by atoms with Crippen LogP contribution in [0, 0.1) is 0 Å². The molecule has 1 heterocycles. The van der Waals surface area contributed by atoms with Gasteiger partial charge in [0.15, 0.2) is 0 Å². The van der Waals surface area contributed by atoms with E-state index in [1.807, 2.05) is 18.2 Å². The molecule has 0 bridgehead atoms. The Hall–Kier alpha value is -2.20. The third-order valence-electron chi connectivity index (χ3n) is 3.82. The molecule has 23 heavy (non-hydrogen) atoms. The van der Waals surface area contributed by atoms with Crippen molar-refractivity contribution in [2.24, 2.45) is 0 Å². The van der Waals surface area contributed by atoms with E-state index in [2.05, 4.69) is 53.3 Å². The first-order valence-electron chi connectivity index (χ1n) is 8.08. The number of nitrogens with zero attached hydrogens (tertiary/aromatic N) is 2. The van der Waals surface area contributed by atoms with Crippen molar-refractivity contribution in [3.63, 3.8) is 0 Å². The van der Waals surface area contributed by atoms with E-state index in [0.29, 0.717) is 19.0 Å². The molecule has 4 heteroatoms. The Morgan fingerprint density at radius 1 is 1.09 bits per heavy atom. The zero-order chi connectivity index (χ0) is 16.5.